The molecule has 19 heavy (non-hydrogen) atoms. The van der Waals surface area contributed by atoms with Gasteiger partial charge in [-0.25, -0.2) is 0 Å². The number of nitrogens with zero attached hydrogens (tertiary/aromatic N) is 1. The van der Waals surface area contributed by atoms with Crippen molar-refractivity contribution < 1.29 is 9.53 Å². The molecule has 1 aromatic carbocycles. The average Bonchev–Trinajstić information content (AvgIpc) is 3.21. The van der Waals surface area contributed by atoms with Gasteiger partial charge in [0.05, 0.1) is 0 Å². The first-order valence-corrected chi connectivity index (χ1v) is 6.86. The van der Waals surface area contributed by atoms with E-state index < -0.39 is 0 Å². The molecule has 0 bridgehead atoms. The Balaban J connectivity index is 1.96. The number of carbonyl (C=O) groups is 1. The fraction of sp³-hybridized carbons (Fsp3) is 0.500. The highest BCUT2D eigenvalue weighted by Crippen LogP contribution is 2.26. The Hall–Kier alpha value is -1.26. The van der Waals surface area contributed by atoms with Crippen LogP contribution in [-0.2, 0) is 11.2 Å². The largest absolute Gasteiger partial charge is 0.483 e. The molecule has 2 N–H and O–H groups in total. The topological polar surface area (TPSA) is 55.6 Å². The van der Waals surface area contributed by atoms with Crippen molar-refractivity contribution in [1.82, 2.24) is 4.90 Å². The molecule has 104 valence electrons. The minimum absolute atomic E-state index is 0.0103. The minimum Gasteiger partial charge on any atom is -0.483 e. The van der Waals surface area contributed by atoms with Crippen LogP contribution in [0.5, 0.6) is 5.75 Å². The SMILES string of the molecule is CN(C(=O)COc1ccc(Cl)cc1CCN)C1CC1. The predicted octanol–water partition coefficient (Wildman–Crippen LogP) is 1.84. The highest BCUT2D eigenvalue weighted by molar-refractivity contribution is 6.30. The summed E-state index contributed by atoms with van der Waals surface area (Å²) in [5, 5.41) is 0.650. The van der Waals surface area contributed by atoms with Gasteiger partial charge in [0.25, 0.3) is 5.91 Å². The Morgan fingerprint density at radius 1 is 1.53 bits per heavy atom. The Morgan fingerprint density at radius 2 is 2.26 bits per heavy atom. The van der Waals surface area contributed by atoms with Crippen molar-refractivity contribution in [2.24, 2.45) is 5.73 Å². The molecule has 0 unspecified atom stereocenters. The molecule has 1 amide bonds. The van der Waals surface area contributed by atoms with Crippen molar-refractivity contribution in [2.75, 3.05) is 20.2 Å². The average molecular weight is 283 g/mol. The Bertz CT molecular complexity index is 461. The molecule has 0 saturated heterocycles. The normalized spacial score (nSPS) is 14.3. The van der Waals surface area contributed by atoms with Crippen LogP contribution in [0.4, 0.5) is 0 Å². The van der Waals surface area contributed by atoms with Crippen molar-refractivity contribution in [1.29, 1.82) is 0 Å². The van der Waals surface area contributed by atoms with Gasteiger partial charge in [-0.05, 0) is 49.6 Å². The summed E-state index contributed by atoms with van der Waals surface area (Å²) in [6, 6.07) is 5.78. The van der Waals surface area contributed by atoms with E-state index in [1.165, 1.54) is 0 Å². The number of likely N-dealkylation sites (N-methyl/N-ethyl adjacent to an activating group) is 1. The number of halogens is 1. The zero-order valence-corrected chi connectivity index (χ0v) is 11.8. The number of ether oxygens (including phenoxy) is 1. The van der Waals surface area contributed by atoms with E-state index in [9.17, 15) is 4.79 Å². The first kappa shape index (κ1) is 14.2. The van der Waals surface area contributed by atoms with E-state index in [0.717, 1.165) is 18.4 Å². The lowest BCUT2D eigenvalue weighted by atomic mass is 10.1. The van der Waals surface area contributed by atoms with Crippen LogP contribution in [0, 0.1) is 0 Å². The summed E-state index contributed by atoms with van der Waals surface area (Å²) in [5.74, 6) is 0.698. The van der Waals surface area contributed by atoms with Gasteiger partial charge in [-0.15, -0.1) is 0 Å². The smallest absolute Gasteiger partial charge is 0.260 e. The minimum atomic E-state index is 0.0103. The van der Waals surface area contributed by atoms with Gasteiger partial charge in [0.1, 0.15) is 5.75 Å². The maximum absolute atomic E-state index is 11.9. The zero-order valence-electron chi connectivity index (χ0n) is 11.1. The van der Waals surface area contributed by atoms with E-state index in [1.807, 2.05) is 13.1 Å². The molecule has 1 aliphatic carbocycles. The van der Waals surface area contributed by atoms with Gasteiger partial charge < -0.3 is 15.4 Å². The second-order valence-corrected chi connectivity index (χ2v) is 5.25. The molecule has 5 heteroatoms. The molecule has 4 nitrogen and oxygen atoms in total. The number of benzene rings is 1. The Labute approximate surface area is 118 Å². The second kappa shape index (κ2) is 6.26. The van der Waals surface area contributed by atoms with Crippen LogP contribution in [0.15, 0.2) is 18.2 Å². The summed E-state index contributed by atoms with van der Waals surface area (Å²) < 4.78 is 5.60. The van der Waals surface area contributed by atoms with Crippen LogP contribution in [-0.4, -0.2) is 37.0 Å². The molecule has 1 saturated carbocycles. The Kier molecular flexibility index (Phi) is 4.66. The first-order chi connectivity index (χ1) is 9.11. The monoisotopic (exact) mass is 282 g/mol. The zero-order chi connectivity index (χ0) is 13.8. The molecule has 1 aliphatic rings. The molecular formula is C14H19ClN2O2. The highest BCUT2D eigenvalue weighted by atomic mass is 35.5. The van der Waals surface area contributed by atoms with Crippen LogP contribution < -0.4 is 10.5 Å². The quantitative estimate of drug-likeness (QED) is 0.866. The standard InChI is InChI=1S/C14H19ClN2O2/c1-17(12-3-4-12)14(18)9-19-13-5-2-11(15)8-10(13)6-7-16/h2,5,8,12H,3-4,6-7,9,16H2,1H3. The number of hydrogen-bond donors (Lipinski definition) is 1. The molecule has 0 atom stereocenters. The molecular weight excluding hydrogens is 264 g/mol. The summed E-state index contributed by atoms with van der Waals surface area (Å²) in [7, 11) is 1.83. The summed E-state index contributed by atoms with van der Waals surface area (Å²) in [6.45, 7) is 0.582. The van der Waals surface area contributed by atoms with Crippen molar-refractivity contribution >= 4 is 17.5 Å². The lowest BCUT2D eigenvalue weighted by molar-refractivity contribution is -0.132. The third-order valence-corrected chi connectivity index (χ3v) is 3.51. The molecule has 0 spiro atoms. The van der Waals surface area contributed by atoms with Crippen molar-refractivity contribution in [3.8, 4) is 5.75 Å². The number of carbonyl (C=O) groups excluding carboxylic acids is 1. The second-order valence-electron chi connectivity index (χ2n) is 4.82. The van der Waals surface area contributed by atoms with Crippen LogP contribution >= 0.6 is 11.6 Å². The van der Waals surface area contributed by atoms with Crippen molar-refractivity contribution in [3.63, 3.8) is 0 Å². The summed E-state index contributed by atoms with van der Waals surface area (Å²) in [5.41, 5.74) is 6.50. The van der Waals surface area contributed by atoms with Crippen molar-refractivity contribution in [3.05, 3.63) is 28.8 Å². The predicted molar refractivity (Wildman–Crippen MR) is 75.5 cm³/mol. The lowest BCUT2D eigenvalue weighted by Gasteiger charge is -2.17. The van der Waals surface area contributed by atoms with Gasteiger partial charge in [-0.1, -0.05) is 11.6 Å². The van der Waals surface area contributed by atoms with Gasteiger partial charge in [-0.3, -0.25) is 4.79 Å². The molecule has 0 aliphatic heterocycles. The number of rotatable bonds is 6. The van der Waals surface area contributed by atoms with Crippen LogP contribution in [0.1, 0.15) is 18.4 Å². The fourth-order valence-electron chi connectivity index (χ4n) is 1.95. The maximum Gasteiger partial charge on any atom is 0.260 e. The van der Waals surface area contributed by atoms with Gasteiger partial charge >= 0.3 is 0 Å². The fourth-order valence-corrected chi connectivity index (χ4v) is 2.14. The van der Waals surface area contributed by atoms with E-state index in [2.05, 4.69) is 0 Å². The van der Waals surface area contributed by atoms with E-state index in [-0.39, 0.29) is 12.5 Å². The number of amides is 1. The number of hydrogen-bond acceptors (Lipinski definition) is 3. The van der Waals surface area contributed by atoms with E-state index >= 15 is 0 Å². The summed E-state index contributed by atoms with van der Waals surface area (Å²) in [6.07, 6.45) is 2.88. The lowest BCUT2D eigenvalue weighted by Crippen LogP contribution is -2.33. The molecule has 1 fully saturated rings. The Morgan fingerprint density at radius 3 is 2.89 bits per heavy atom. The van der Waals surface area contributed by atoms with Crippen LogP contribution in [0.2, 0.25) is 5.02 Å². The van der Waals surface area contributed by atoms with Gasteiger partial charge in [0.15, 0.2) is 6.61 Å². The third kappa shape index (κ3) is 3.85. The first-order valence-electron chi connectivity index (χ1n) is 6.48. The van der Waals surface area contributed by atoms with Crippen molar-refractivity contribution in [2.45, 2.75) is 25.3 Å². The molecule has 0 heterocycles. The van der Waals surface area contributed by atoms with E-state index in [0.29, 0.717) is 29.8 Å². The molecule has 1 aromatic rings. The number of nitrogens with two attached hydrogens (primary N) is 1. The molecule has 0 aromatic heterocycles. The van der Waals surface area contributed by atoms with Gasteiger partial charge in [0, 0.05) is 18.1 Å². The van der Waals surface area contributed by atoms with Gasteiger partial charge in [0.2, 0.25) is 0 Å². The molecule has 2 rings (SSSR count). The summed E-state index contributed by atoms with van der Waals surface area (Å²) >= 11 is 5.94. The van der Waals surface area contributed by atoms with Crippen LogP contribution in [0.25, 0.3) is 0 Å². The van der Waals surface area contributed by atoms with E-state index in [1.54, 1.807) is 17.0 Å². The third-order valence-electron chi connectivity index (χ3n) is 3.28. The van der Waals surface area contributed by atoms with Gasteiger partial charge in [-0.2, -0.15) is 0 Å². The highest BCUT2D eigenvalue weighted by Gasteiger charge is 2.29. The summed E-state index contributed by atoms with van der Waals surface area (Å²) in [4.78, 5) is 13.6. The molecule has 0 radical (unpaired) electrons. The van der Waals surface area contributed by atoms with Crippen LogP contribution in [0.3, 0.4) is 0 Å². The maximum atomic E-state index is 11.9. The van der Waals surface area contributed by atoms with E-state index in [4.69, 9.17) is 22.1 Å².